The summed E-state index contributed by atoms with van der Waals surface area (Å²) in [6, 6.07) is 4.45. The van der Waals surface area contributed by atoms with Gasteiger partial charge >= 0.3 is 5.97 Å². The average Bonchev–Trinajstić information content (AvgIpc) is 2.28. The summed E-state index contributed by atoms with van der Waals surface area (Å²) in [5.41, 5.74) is 8.90. The molecule has 0 aromatic heterocycles. The van der Waals surface area contributed by atoms with E-state index in [1.165, 1.54) is 32.4 Å². The van der Waals surface area contributed by atoms with Crippen LogP contribution in [0.4, 0.5) is 5.69 Å². The first-order chi connectivity index (χ1) is 7.22. The van der Waals surface area contributed by atoms with Crippen molar-refractivity contribution in [3.05, 3.63) is 34.2 Å². The van der Waals surface area contributed by atoms with E-state index in [2.05, 4.69) is 14.8 Å². The molecule has 0 aliphatic carbocycles. The second-order valence-corrected chi connectivity index (χ2v) is 2.57. The Hall–Kier alpha value is -2.20. The lowest BCUT2D eigenvalue weighted by molar-refractivity contribution is 0.0597. The molecule has 6 heteroatoms. The third kappa shape index (κ3) is 2.38. The van der Waals surface area contributed by atoms with E-state index in [-0.39, 0.29) is 5.56 Å². The molecule has 1 aromatic carbocycles. The van der Waals surface area contributed by atoms with Crippen LogP contribution in [0, 0.1) is 0 Å². The minimum absolute atomic E-state index is 0.289. The van der Waals surface area contributed by atoms with E-state index in [1.807, 2.05) is 0 Å². The molecule has 0 N–H and O–H groups in total. The summed E-state index contributed by atoms with van der Waals surface area (Å²) >= 11 is 0. The van der Waals surface area contributed by atoms with Gasteiger partial charge in [-0.15, -0.1) is 0 Å². The minimum atomic E-state index is -0.501. The number of rotatable bonds is 3. The maximum atomic E-state index is 11.3. The molecule has 78 valence electrons. The van der Waals surface area contributed by atoms with E-state index in [1.54, 1.807) is 0 Å². The Kier molecular flexibility index (Phi) is 3.54. The monoisotopic (exact) mass is 207 g/mol. The lowest BCUT2D eigenvalue weighted by Gasteiger charge is -2.06. The number of azide groups is 1. The molecule has 0 amide bonds. The molecule has 0 aliphatic rings. The number of nitrogens with zero attached hydrogens (tertiary/aromatic N) is 3. The van der Waals surface area contributed by atoms with Crippen molar-refractivity contribution < 1.29 is 14.3 Å². The number of methoxy groups -OCH3 is 2. The molecular weight excluding hydrogens is 198 g/mol. The third-order valence-corrected chi connectivity index (χ3v) is 1.75. The number of ether oxygens (including phenoxy) is 2. The molecule has 0 atom stereocenters. The van der Waals surface area contributed by atoms with Gasteiger partial charge in [-0.2, -0.15) is 0 Å². The standard InChI is InChI=1S/C9H9N3O3/c1-14-8-5-6(11-12-10)3-4-7(8)9(13)15-2/h3-5H,1-2H3. The van der Waals surface area contributed by atoms with Crippen LogP contribution >= 0.6 is 0 Å². The molecule has 0 heterocycles. The Morgan fingerprint density at radius 1 is 1.47 bits per heavy atom. The summed E-state index contributed by atoms with van der Waals surface area (Å²) in [5, 5.41) is 3.39. The lowest BCUT2D eigenvalue weighted by Crippen LogP contribution is -2.03. The van der Waals surface area contributed by atoms with Gasteiger partial charge in [0.15, 0.2) is 0 Å². The number of carbonyl (C=O) groups is 1. The second kappa shape index (κ2) is 4.88. The van der Waals surface area contributed by atoms with Crippen LogP contribution in [-0.2, 0) is 4.74 Å². The first-order valence-electron chi connectivity index (χ1n) is 4.04. The quantitative estimate of drug-likeness (QED) is 0.330. The van der Waals surface area contributed by atoms with Crippen molar-refractivity contribution in [2.24, 2.45) is 5.11 Å². The highest BCUT2D eigenvalue weighted by Crippen LogP contribution is 2.25. The van der Waals surface area contributed by atoms with Crippen LogP contribution in [0.25, 0.3) is 10.4 Å². The normalized spacial score (nSPS) is 8.93. The fraction of sp³-hybridized carbons (Fsp3) is 0.222. The zero-order chi connectivity index (χ0) is 11.3. The van der Waals surface area contributed by atoms with Gasteiger partial charge in [-0.05, 0) is 17.7 Å². The van der Waals surface area contributed by atoms with Gasteiger partial charge < -0.3 is 9.47 Å². The van der Waals surface area contributed by atoms with Crippen LogP contribution in [0.1, 0.15) is 10.4 Å². The molecule has 0 aliphatic heterocycles. The number of carbonyl (C=O) groups excluding carboxylic acids is 1. The van der Waals surface area contributed by atoms with E-state index < -0.39 is 5.97 Å². The number of hydrogen-bond acceptors (Lipinski definition) is 4. The fourth-order valence-corrected chi connectivity index (χ4v) is 1.07. The Bertz CT molecular complexity index is 425. The fourth-order valence-electron chi connectivity index (χ4n) is 1.07. The molecule has 6 nitrogen and oxygen atoms in total. The van der Waals surface area contributed by atoms with E-state index in [0.29, 0.717) is 11.4 Å². The van der Waals surface area contributed by atoms with E-state index in [0.717, 1.165) is 0 Å². The van der Waals surface area contributed by atoms with Crippen molar-refractivity contribution in [3.8, 4) is 5.75 Å². The highest BCUT2D eigenvalue weighted by atomic mass is 16.5. The van der Waals surface area contributed by atoms with E-state index >= 15 is 0 Å². The Morgan fingerprint density at radius 3 is 2.73 bits per heavy atom. The van der Waals surface area contributed by atoms with Crippen LogP contribution in [0.2, 0.25) is 0 Å². The molecule has 0 spiro atoms. The van der Waals surface area contributed by atoms with Gasteiger partial charge in [0.05, 0.1) is 14.2 Å². The summed E-state index contributed by atoms with van der Waals surface area (Å²) in [4.78, 5) is 13.9. The third-order valence-electron chi connectivity index (χ3n) is 1.75. The Balaban J connectivity index is 3.20. The summed E-state index contributed by atoms with van der Waals surface area (Å²) in [6.45, 7) is 0. The first kappa shape index (κ1) is 10.9. The minimum Gasteiger partial charge on any atom is -0.496 e. The smallest absolute Gasteiger partial charge is 0.341 e. The number of hydrogen-bond donors (Lipinski definition) is 0. The molecule has 0 saturated heterocycles. The Labute approximate surface area is 86.0 Å². The molecule has 1 aromatic rings. The molecule has 0 fully saturated rings. The van der Waals surface area contributed by atoms with Gasteiger partial charge in [0.25, 0.3) is 0 Å². The highest BCUT2D eigenvalue weighted by Gasteiger charge is 2.12. The maximum absolute atomic E-state index is 11.3. The van der Waals surface area contributed by atoms with Gasteiger partial charge in [0.2, 0.25) is 0 Å². The summed E-state index contributed by atoms with van der Waals surface area (Å²) in [5.74, 6) is -0.189. The van der Waals surface area contributed by atoms with E-state index in [4.69, 9.17) is 10.3 Å². The van der Waals surface area contributed by atoms with Crippen LogP contribution in [-0.4, -0.2) is 20.2 Å². The first-order valence-corrected chi connectivity index (χ1v) is 4.04. The summed E-state index contributed by atoms with van der Waals surface area (Å²) in [6.07, 6.45) is 0. The van der Waals surface area contributed by atoms with Crippen molar-refractivity contribution in [3.63, 3.8) is 0 Å². The Morgan fingerprint density at radius 2 is 2.20 bits per heavy atom. The SMILES string of the molecule is COC(=O)c1ccc(N=[N+]=[N-])cc1OC. The highest BCUT2D eigenvalue weighted by molar-refractivity contribution is 5.93. The summed E-state index contributed by atoms with van der Waals surface area (Å²) in [7, 11) is 2.70. The number of esters is 1. The summed E-state index contributed by atoms with van der Waals surface area (Å²) < 4.78 is 9.53. The van der Waals surface area contributed by atoms with Gasteiger partial charge in [0, 0.05) is 10.6 Å². The van der Waals surface area contributed by atoms with Crippen molar-refractivity contribution in [1.82, 2.24) is 0 Å². The van der Waals surface area contributed by atoms with E-state index in [9.17, 15) is 4.79 Å². The predicted molar refractivity (Wildman–Crippen MR) is 53.1 cm³/mol. The molecule has 0 saturated carbocycles. The zero-order valence-electron chi connectivity index (χ0n) is 8.30. The van der Waals surface area contributed by atoms with Gasteiger partial charge in [0.1, 0.15) is 11.3 Å². The second-order valence-electron chi connectivity index (χ2n) is 2.57. The molecule has 1 rings (SSSR count). The van der Waals surface area contributed by atoms with Gasteiger partial charge in [-0.1, -0.05) is 11.2 Å². The van der Waals surface area contributed by atoms with Crippen LogP contribution in [0.5, 0.6) is 5.75 Å². The molecule has 0 unspecified atom stereocenters. The van der Waals surface area contributed by atoms with Crippen molar-refractivity contribution in [2.45, 2.75) is 0 Å². The molecule has 15 heavy (non-hydrogen) atoms. The lowest BCUT2D eigenvalue weighted by atomic mass is 10.2. The molecule has 0 radical (unpaired) electrons. The predicted octanol–water partition coefficient (Wildman–Crippen LogP) is 2.42. The topological polar surface area (TPSA) is 84.3 Å². The molecular formula is C9H9N3O3. The van der Waals surface area contributed by atoms with Gasteiger partial charge in [-0.3, -0.25) is 0 Å². The van der Waals surface area contributed by atoms with Crippen LogP contribution < -0.4 is 4.74 Å². The average molecular weight is 207 g/mol. The largest absolute Gasteiger partial charge is 0.496 e. The zero-order valence-corrected chi connectivity index (χ0v) is 8.30. The van der Waals surface area contributed by atoms with Crippen molar-refractivity contribution in [1.29, 1.82) is 0 Å². The van der Waals surface area contributed by atoms with Crippen LogP contribution in [0.15, 0.2) is 23.3 Å². The molecule has 0 bridgehead atoms. The van der Waals surface area contributed by atoms with Gasteiger partial charge in [-0.25, -0.2) is 4.79 Å². The maximum Gasteiger partial charge on any atom is 0.341 e. The number of benzene rings is 1. The van der Waals surface area contributed by atoms with Crippen molar-refractivity contribution >= 4 is 11.7 Å². The van der Waals surface area contributed by atoms with Crippen molar-refractivity contribution in [2.75, 3.05) is 14.2 Å². The van der Waals surface area contributed by atoms with Crippen LogP contribution in [0.3, 0.4) is 0 Å².